The zero-order valence-electron chi connectivity index (χ0n) is 19.0. The number of benzene rings is 2. The summed E-state index contributed by atoms with van der Waals surface area (Å²) in [7, 11) is 0. The molecule has 0 spiro atoms. The molecule has 0 atom stereocenters. The zero-order valence-corrected chi connectivity index (χ0v) is 20.5. The lowest BCUT2D eigenvalue weighted by molar-refractivity contribution is 0.0894. The average molecular weight is 489 g/mol. The summed E-state index contributed by atoms with van der Waals surface area (Å²) in [4.78, 5) is 15.5. The number of aryl methyl sites for hydroxylation is 1. The normalized spacial score (nSPS) is 16.5. The molecule has 0 unspecified atom stereocenters. The Morgan fingerprint density at radius 3 is 2.24 bits per heavy atom. The van der Waals surface area contributed by atoms with Crippen LogP contribution in [0.3, 0.4) is 0 Å². The van der Waals surface area contributed by atoms with E-state index in [1.807, 2.05) is 37.3 Å². The van der Waals surface area contributed by atoms with Crippen molar-refractivity contribution in [3.05, 3.63) is 76.6 Å². The van der Waals surface area contributed by atoms with Gasteiger partial charge in [-0.05, 0) is 63.6 Å². The first-order chi connectivity index (χ1) is 15.8. The number of hydrogen-bond donors (Lipinski definition) is 2. The summed E-state index contributed by atoms with van der Waals surface area (Å²) in [6.07, 6.45) is 5.08. The van der Waals surface area contributed by atoms with E-state index in [0.29, 0.717) is 21.9 Å². The Morgan fingerprint density at radius 1 is 1.18 bits per heavy atom. The Morgan fingerprint density at radius 2 is 1.76 bits per heavy atom. The molecular weight excluding hydrogens is 459 g/mol. The van der Waals surface area contributed by atoms with E-state index < -0.39 is 0 Å². The summed E-state index contributed by atoms with van der Waals surface area (Å²) in [5.41, 5.74) is 7.15. The minimum atomic E-state index is -0.0201. The number of nitrogens with zero attached hydrogens (tertiary/aromatic N) is 2. The molecule has 0 saturated heterocycles. The molecular formula is C25H30Cl2N4O2. The summed E-state index contributed by atoms with van der Waals surface area (Å²) < 4.78 is 5.98. The molecule has 176 valence electrons. The largest absolute Gasteiger partial charge is 0.490 e. The number of nitriles is 1. The number of aliphatic imine (C=N–C) groups is 1. The van der Waals surface area contributed by atoms with Crippen molar-refractivity contribution in [3.8, 4) is 11.8 Å². The molecule has 2 aromatic carbocycles. The Labute approximate surface area is 206 Å². The Bertz CT molecular complexity index is 963. The van der Waals surface area contributed by atoms with Crippen molar-refractivity contribution in [2.45, 2.75) is 44.8 Å². The minimum absolute atomic E-state index is 0.0201. The number of halogens is 2. The predicted octanol–water partition coefficient (Wildman–Crippen LogP) is 5.61. The Kier molecular flexibility index (Phi) is 12.7. The third-order valence-corrected chi connectivity index (χ3v) is 5.20. The van der Waals surface area contributed by atoms with Gasteiger partial charge in [-0.3, -0.25) is 4.79 Å². The molecule has 3 N–H and O–H groups in total. The number of carbonyl (C=O) groups excluding carboxylic acids is 1. The summed E-state index contributed by atoms with van der Waals surface area (Å²) in [6.45, 7) is 8.31. The van der Waals surface area contributed by atoms with E-state index >= 15 is 0 Å². The first kappa shape index (κ1) is 28.0. The molecule has 1 saturated carbocycles. The monoisotopic (exact) mass is 488 g/mol. The van der Waals surface area contributed by atoms with Crippen LogP contribution >= 0.6 is 23.2 Å². The van der Waals surface area contributed by atoms with Crippen LogP contribution in [0.25, 0.3) is 0 Å². The molecule has 0 heterocycles. The third-order valence-electron chi connectivity index (χ3n) is 4.89. The quantitative estimate of drug-likeness (QED) is 0.421. The molecule has 0 aliphatic heterocycles. The summed E-state index contributed by atoms with van der Waals surface area (Å²) in [5.74, 6) is 0.930. The Hall–Kier alpha value is -3.01. The molecule has 6 nitrogen and oxygen atoms in total. The molecule has 1 aliphatic carbocycles. The lowest BCUT2D eigenvalue weighted by Gasteiger charge is -2.29. The second-order valence-corrected chi connectivity index (χ2v) is 7.74. The van der Waals surface area contributed by atoms with E-state index in [2.05, 4.69) is 35.2 Å². The molecule has 2 aromatic rings. The van der Waals surface area contributed by atoms with Crippen LogP contribution in [0.4, 0.5) is 0 Å². The second kappa shape index (κ2) is 14.9. The van der Waals surface area contributed by atoms with Gasteiger partial charge >= 0.3 is 0 Å². The van der Waals surface area contributed by atoms with Crippen molar-refractivity contribution >= 4 is 35.8 Å². The van der Waals surface area contributed by atoms with Crippen molar-refractivity contribution < 1.29 is 9.53 Å². The number of amides is 1. The summed E-state index contributed by atoms with van der Waals surface area (Å²) >= 11 is 10.7. The highest BCUT2D eigenvalue weighted by Crippen LogP contribution is 2.27. The molecule has 1 fully saturated rings. The third kappa shape index (κ3) is 9.98. The number of alkyl halides is 1. The Balaban J connectivity index is 0.000000689. The highest BCUT2D eigenvalue weighted by Gasteiger charge is 2.24. The van der Waals surface area contributed by atoms with Crippen LogP contribution in [0.5, 0.6) is 5.75 Å². The molecule has 3 rings (SSSR count). The highest BCUT2D eigenvalue weighted by molar-refractivity contribution is 6.31. The van der Waals surface area contributed by atoms with Gasteiger partial charge in [-0.2, -0.15) is 5.26 Å². The number of rotatable bonds is 5. The maximum atomic E-state index is 12.3. The molecule has 1 amide bonds. The van der Waals surface area contributed by atoms with E-state index in [4.69, 9.17) is 27.3 Å². The average Bonchev–Trinajstić information content (AvgIpc) is 2.82. The molecule has 8 heteroatoms. The molecule has 1 aliphatic rings. The van der Waals surface area contributed by atoms with Crippen molar-refractivity contribution in [3.63, 3.8) is 0 Å². The minimum Gasteiger partial charge on any atom is -0.490 e. The number of hydrogen-bond acceptors (Lipinski definition) is 5. The van der Waals surface area contributed by atoms with Crippen molar-refractivity contribution in [2.24, 2.45) is 10.7 Å². The molecule has 0 radical (unpaired) electrons. The van der Waals surface area contributed by atoms with Gasteiger partial charge in [0.05, 0.1) is 16.7 Å². The van der Waals surface area contributed by atoms with Crippen molar-refractivity contribution in [1.29, 1.82) is 5.26 Å². The van der Waals surface area contributed by atoms with Crippen LogP contribution in [0, 0.1) is 18.3 Å². The highest BCUT2D eigenvalue weighted by atomic mass is 35.5. The second-order valence-electron chi connectivity index (χ2n) is 7.33. The van der Waals surface area contributed by atoms with Gasteiger partial charge in [0.25, 0.3) is 5.91 Å². The van der Waals surface area contributed by atoms with Gasteiger partial charge in [0.1, 0.15) is 17.6 Å². The van der Waals surface area contributed by atoms with Crippen molar-refractivity contribution in [2.75, 3.05) is 6.38 Å². The van der Waals surface area contributed by atoms with Gasteiger partial charge in [0, 0.05) is 24.1 Å². The fraction of sp³-hybridized carbons (Fsp3) is 0.320. The number of nitrogens with one attached hydrogen (secondary N) is 1. The number of ether oxygens (including phenoxy) is 1. The fourth-order valence-corrected chi connectivity index (χ4v) is 3.36. The van der Waals surface area contributed by atoms with Crippen LogP contribution in [-0.2, 0) is 0 Å². The lowest BCUT2D eigenvalue weighted by atomic mass is 9.92. The SMILES string of the molecule is C=NC(=C)N.CCl.Cc1ccc(C(=O)NC2CCC(Oc3ccc(C#N)c(Cl)c3)CC2)cc1. The van der Waals surface area contributed by atoms with Crippen LogP contribution in [0.2, 0.25) is 5.02 Å². The molecule has 33 heavy (non-hydrogen) atoms. The predicted molar refractivity (Wildman–Crippen MR) is 136 cm³/mol. The van der Waals surface area contributed by atoms with Gasteiger partial charge in [0.2, 0.25) is 0 Å². The van der Waals surface area contributed by atoms with E-state index in [0.717, 1.165) is 31.2 Å². The molecule has 0 bridgehead atoms. The van der Waals surface area contributed by atoms with Gasteiger partial charge in [0.15, 0.2) is 0 Å². The van der Waals surface area contributed by atoms with E-state index in [1.54, 1.807) is 18.2 Å². The number of carbonyl (C=O) groups is 1. The van der Waals surface area contributed by atoms with E-state index in [-0.39, 0.29) is 23.9 Å². The van der Waals surface area contributed by atoms with Crippen molar-refractivity contribution in [1.82, 2.24) is 5.32 Å². The number of nitrogens with two attached hydrogens (primary N) is 1. The first-order valence-corrected chi connectivity index (χ1v) is 11.5. The topological polar surface area (TPSA) is 100 Å². The standard InChI is InChI=1S/C21H21ClN2O2.C3H6N2.CH3Cl/c1-14-2-4-15(5-3-14)21(25)24-17-7-10-18(11-8-17)26-19-9-6-16(13-23)20(22)12-19;1-3(4)5-2;1-2/h2-6,9,12,17-18H,7-8,10-11H2,1H3,(H,24,25);1-2,4H2;1H3. The van der Waals surface area contributed by atoms with Gasteiger partial charge in [-0.25, -0.2) is 4.99 Å². The van der Waals surface area contributed by atoms with Crippen LogP contribution in [0.1, 0.15) is 47.2 Å². The van der Waals surface area contributed by atoms with Gasteiger partial charge < -0.3 is 15.8 Å². The van der Waals surface area contributed by atoms with Gasteiger partial charge in [-0.15, -0.1) is 11.6 Å². The smallest absolute Gasteiger partial charge is 0.251 e. The fourth-order valence-electron chi connectivity index (χ4n) is 3.15. The maximum Gasteiger partial charge on any atom is 0.251 e. The summed E-state index contributed by atoms with van der Waals surface area (Å²) in [5, 5.41) is 12.4. The zero-order chi connectivity index (χ0) is 24.8. The van der Waals surface area contributed by atoms with Crippen LogP contribution in [0.15, 0.2) is 59.9 Å². The first-order valence-electron chi connectivity index (χ1n) is 10.3. The van der Waals surface area contributed by atoms with Crippen LogP contribution < -0.4 is 15.8 Å². The van der Waals surface area contributed by atoms with E-state index in [9.17, 15) is 4.79 Å². The van der Waals surface area contributed by atoms with Crippen LogP contribution in [-0.4, -0.2) is 31.2 Å². The lowest BCUT2D eigenvalue weighted by Crippen LogP contribution is -2.39. The van der Waals surface area contributed by atoms with Gasteiger partial charge in [-0.1, -0.05) is 35.9 Å². The molecule has 0 aromatic heterocycles. The van der Waals surface area contributed by atoms with E-state index in [1.165, 1.54) is 6.38 Å². The summed E-state index contributed by atoms with van der Waals surface area (Å²) in [6, 6.07) is 14.9. The maximum absolute atomic E-state index is 12.3.